The molecule has 1 N–H and O–H groups in total. The Morgan fingerprint density at radius 1 is 1.36 bits per heavy atom. The molecule has 0 aliphatic heterocycles. The number of rotatable bonds is 6. The lowest BCUT2D eigenvalue weighted by Crippen LogP contribution is -2.38. The number of nitrogens with one attached hydrogen (secondary N) is 1. The SMILES string of the molecule is CCN(CC(=O)NC)CC(=O)C1CC1. The van der Waals surface area contributed by atoms with E-state index in [1.165, 1.54) is 0 Å². The summed E-state index contributed by atoms with van der Waals surface area (Å²) in [6, 6.07) is 0. The summed E-state index contributed by atoms with van der Waals surface area (Å²) in [6.07, 6.45) is 2.08. The van der Waals surface area contributed by atoms with Crippen LogP contribution in [-0.4, -0.2) is 43.3 Å². The van der Waals surface area contributed by atoms with Crippen molar-refractivity contribution >= 4 is 11.7 Å². The average molecular weight is 198 g/mol. The summed E-state index contributed by atoms with van der Waals surface area (Å²) in [5.41, 5.74) is 0. The topological polar surface area (TPSA) is 49.4 Å². The second-order valence-electron chi connectivity index (χ2n) is 3.72. The average Bonchev–Trinajstić information content (AvgIpc) is 2.99. The van der Waals surface area contributed by atoms with E-state index >= 15 is 0 Å². The Balaban J connectivity index is 2.29. The summed E-state index contributed by atoms with van der Waals surface area (Å²) in [6.45, 7) is 3.45. The van der Waals surface area contributed by atoms with E-state index in [1.807, 2.05) is 11.8 Å². The van der Waals surface area contributed by atoms with Gasteiger partial charge in [-0.15, -0.1) is 0 Å². The highest BCUT2D eigenvalue weighted by Gasteiger charge is 2.30. The van der Waals surface area contributed by atoms with Crippen molar-refractivity contribution < 1.29 is 9.59 Å². The van der Waals surface area contributed by atoms with E-state index in [9.17, 15) is 9.59 Å². The minimum atomic E-state index is -0.0320. The molecule has 0 saturated heterocycles. The van der Waals surface area contributed by atoms with Crippen LogP contribution in [0.25, 0.3) is 0 Å². The largest absolute Gasteiger partial charge is 0.358 e. The Bertz CT molecular complexity index is 224. The van der Waals surface area contributed by atoms with Crippen molar-refractivity contribution in [3.05, 3.63) is 0 Å². The molecule has 0 bridgehead atoms. The highest BCUT2D eigenvalue weighted by molar-refractivity contribution is 5.85. The van der Waals surface area contributed by atoms with Crippen LogP contribution in [0.4, 0.5) is 0 Å². The molecular formula is C10H18N2O2. The zero-order valence-electron chi connectivity index (χ0n) is 8.88. The maximum atomic E-state index is 11.5. The van der Waals surface area contributed by atoms with E-state index in [0.717, 1.165) is 19.4 Å². The molecule has 4 heteroatoms. The minimum Gasteiger partial charge on any atom is -0.358 e. The Morgan fingerprint density at radius 3 is 2.43 bits per heavy atom. The van der Waals surface area contributed by atoms with Crippen LogP contribution in [0.3, 0.4) is 0 Å². The van der Waals surface area contributed by atoms with Gasteiger partial charge in [0.15, 0.2) is 0 Å². The van der Waals surface area contributed by atoms with Crippen LogP contribution in [0, 0.1) is 5.92 Å². The van der Waals surface area contributed by atoms with Gasteiger partial charge in [0.1, 0.15) is 5.78 Å². The number of nitrogens with zero attached hydrogens (tertiary/aromatic N) is 1. The summed E-state index contributed by atoms with van der Waals surface area (Å²) in [5, 5.41) is 2.56. The number of carbonyl (C=O) groups is 2. The lowest BCUT2D eigenvalue weighted by Gasteiger charge is -2.18. The molecule has 0 aromatic rings. The summed E-state index contributed by atoms with van der Waals surface area (Å²) in [5.74, 6) is 0.542. The molecular weight excluding hydrogens is 180 g/mol. The fourth-order valence-corrected chi connectivity index (χ4v) is 1.32. The maximum Gasteiger partial charge on any atom is 0.233 e. The van der Waals surface area contributed by atoms with Crippen LogP contribution in [0.1, 0.15) is 19.8 Å². The standard InChI is InChI=1S/C10H18N2O2/c1-3-12(7-10(14)11-2)6-9(13)8-4-5-8/h8H,3-7H2,1-2H3,(H,11,14). The lowest BCUT2D eigenvalue weighted by molar-refractivity contribution is -0.124. The molecule has 0 unspecified atom stereocenters. The third-order valence-corrected chi connectivity index (χ3v) is 2.51. The summed E-state index contributed by atoms with van der Waals surface area (Å²) in [4.78, 5) is 24.4. The first-order chi connectivity index (χ1) is 6.67. The molecule has 0 spiro atoms. The van der Waals surface area contributed by atoms with E-state index < -0.39 is 0 Å². The molecule has 0 aromatic heterocycles. The van der Waals surface area contributed by atoms with Crippen molar-refractivity contribution in [2.45, 2.75) is 19.8 Å². The van der Waals surface area contributed by atoms with Gasteiger partial charge in [-0.1, -0.05) is 6.92 Å². The molecule has 1 rings (SSSR count). The first kappa shape index (κ1) is 11.2. The van der Waals surface area contributed by atoms with Gasteiger partial charge in [0, 0.05) is 13.0 Å². The zero-order valence-corrected chi connectivity index (χ0v) is 8.88. The van der Waals surface area contributed by atoms with Gasteiger partial charge in [-0.25, -0.2) is 0 Å². The zero-order chi connectivity index (χ0) is 10.6. The van der Waals surface area contributed by atoms with Crippen molar-refractivity contribution in [1.82, 2.24) is 10.2 Å². The third kappa shape index (κ3) is 3.46. The summed E-state index contributed by atoms with van der Waals surface area (Å²) >= 11 is 0. The predicted octanol–water partition coefficient (Wildman–Crippen LogP) is 0.0334. The molecule has 4 nitrogen and oxygen atoms in total. The molecule has 0 radical (unpaired) electrons. The lowest BCUT2D eigenvalue weighted by atomic mass is 10.2. The fourth-order valence-electron chi connectivity index (χ4n) is 1.32. The number of hydrogen-bond acceptors (Lipinski definition) is 3. The number of carbonyl (C=O) groups excluding carboxylic acids is 2. The molecule has 1 aliphatic carbocycles. The summed E-state index contributed by atoms with van der Waals surface area (Å²) < 4.78 is 0. The molecule has 0 heterocycles. The number of amides is 1. The molecule has 1 aliphatic rings. The van der Waals surface area contributed by atoms with E-state index in [4.69, 9.17) is 0 Å². The number of likely N-dealkylation sites (N-methyl/N-ethyl adjacent to an activating group) is 2. The Labute approximate surface area is 84.7 Å². The fraction of sp³-hybridized carbons (Fsp3) is 0.800. The Morgan fingerprint density at radius 2 is 2.00 bits per heavy atom. The number of ketones is 1. The molecule has 0 aromatic carbocycles. The molecule has 80 valence electrons. The van der Waals surface area contributed by atoms with Gasteiger partial charge < -0.3 is 5.32 Å². The maximum absolute atomic E-state index is 11.5. The first-order valence-electron chi connectivity index (χ1n) is 5.13. The van der Waals surface area contributed by atoms with Crippen molar-refractivity contribution in [3.8, 4) is 0 Å². The van der Waals surface area contributed by atoms with Crippen LogP contribution in [-0.2, 0) is 9.59 Å². The van der Waals surface area contributed by atoms with Gasteiger partial charge in [0.05, 0.1) is 13.1 Å². The van der Waals surface area contributed by atoms with Gasteiger partial charge in [-0.05, 0) is 19.4 Å². The quantitative estimate of drug-likeness (QED) is 0.655. The molecule has 1 fully saturated rings. The van der Waals surface area contributed by atoms with E-state index in [-0.39, 0.29) is 17.6 Å². The smallest absolute Gasteiger partial charge is 0.233 e. The van der Waals surface area contributed by atoms with Crippen molar-refractivity contribution in [3.63, 3.8) is 0 Å². The number of Topliss-reactive ketones (excluding diaryl/α,β-unsaturated/α-hetero) is 1. The molecule has 14 heavy (non-hydrogen) atoms. The second kappa shape index (κ2) is 5.10. The third-order valence-electron chi connectivity index (χ3n) is 2.51. The summed E-state index contributed by atoms with van der Waals surface area (Å²) in [7, 11) is 1.61. The van der Waals surface area contributed by atoms with Crippen LogP contribution in [0.5, 0.6) is 0 Å². The molecule has 1 amide bonds. The van der Waals surface area contributed by atoms with Gasteiger partial charge in [0.25, 0.3) is 0 Å². The van der Waals surface area contributed by atoms with Gasteiger partial charge in [-0.3, -0.25) is 14.5 Å². The van der Waals surface area contributed by atoms with E-state index in [2.05, 4.69) is 5.32 Å². The van der Waals surface area contributed by atoms with Crippen molar-refractivity contribution in [2.24, 2.45) is 5.92 Å². The Hall–Kier alpha value is -0.900. The first-order valence-corrected chi connectivity index (χ1v) is 5.13. The van der Waals surface area contributed by atoms with Gasteiger partial charge >= 0.3 is 0 Å². The molecule has 0 atom stereocenters. The van der Waals surface area contributed by atoms with Gasteiger partial charge in [-0.2, -0.15) is 0 Å². The van der Waals surface area contributed by atoms with Crippen molar-refractivity contribution in [2.75, 3.05) is 26.7 Å². The monoisotopic (exact) mass is 198 g/mol. The van der Waals surface area contributed by atoms with Crippen LogP contribution < -0.4 is 5.32 Å². The highest BCUT2D eigenvalue weighted by atomic mass is 16.2. The van der Waals surface area contributed by atoms with Crippen LogP contribution in [0.2, 0.25) is 0 Å². The van der Waals surface area contributed by atoms with Crippen LogP contribution >= 0.6 is 0 Å². The van der Waals surface area contributed by atoms with Gasteiger partial charge in [0.2, 0.25) is 5.91 Å². The molecule has 1 saturated carbocycles. The Kier molecular flexibility index (Phi) is 4.07. The number of hydrogen-bond donors (Lipinski definition) is 1. The minimum absolute atomic E-state index is 0.0320. The van der Waals surface area contributed by atoms with E-state index in [0.29, 0.717) is 13.1 Å². The predicted molar refractivity (Wildman–Crippen MR) is 53.9 cm³/mol. The normalized spacial score (nSPS) is 15.6. The van der Waals surface area contributed by atoms with E-state index in [1.54, 1.807) is 7.05 Å². The van der Waals surface area contributed by atoms with Crippen LogP contribution in [0.15, 0.2) is 0 Å². The second-order valence-corrected chi connectivity index (χ2v) is 3.72. The highest BCUT2D eigenvalue weighted by Crippen LogP contribution is 2.29. The van der Waals surface area contributed by atoms with Crippen molar-refractivity contribution in [1.29, 1.82) is 0 Å².